The molecular formula is C10H6INS2. The summed E-state index contributed by atoms with van der Waals surface area (Å²) in [4.78, 5) is 1.28. The first-order valence-electron chi connectivity index (χ1n) is 4.34. The first kappa shape index (κ1) is 9.13. The van der Waals surface area contributed by atoms with E-state index < -0.39 is 0 Å². The van der Waals surface area contributed by atoms with E-state index in [2.05, 4.69) is 40.8 Å². The van der Waals surface area contributed by atoms with Crippen LogP contribution < -0.4 is 0 Å². The van der Waals surface area contributed by atoms with Gasteiger partial charge in [-0.1, -0.05) is 0 Å². The summed E-state index contributed by atoms with van der Waals surface area (Å²) in [5, 5.41) is 9.09. The quantitative estimate of drug-likeness (QED) is 0.721. The second kappa shape index (κ2) is 2.94. The van der Waals surface area contributed by atoms with Gasteiger partial charge in [-0.3, -0.25) is 0 Å². The van der Waals surface area contributed by atoms with Gasteiger partial charge in [0.2, 0.25) is 0 Å². The summed E-state index contributed by atoms with van der Waals surface area (Å²) in [6.45, 7) is 0. The topological polar surface area (TPSA) is 23.8 Å². The van der Waals surface area contributed by atoms with E-state index in [9.17, 15) is 0 Å². The maximum atomic E-state index is 9.09. The molecule has 0 aromatic carbocycles. The van der Waals surface area contributed by atoms with E-state index in [1.54, 1.807) is 11.3 Å². The molecule has 0 atom stereocenters. The fraction of sp³-hybridized carbons (Fsp3) is 0.300. The molecule has 2 aromatic rings. The van der Waals surface area contributed by atoms with Crippen molar-refractivity contribution in [2.45, 2.75) is 18.3 Å². The predicted molar refractivity (Wildman–Crippen MR) is 68.9 cm³/mol. The maximum absolute atomic E-state index is 9.09. The third kappa shape index (κ3) is 1.23. The van der Waals surface area contributed by atoms with Crippen molar-refractivity contribution in [3.05, 3.63) is 19.9 Å². The Morgan fingerprint density at radius 3 is 2.57 bits per heavy atom. The highest BCUT2D eigenvalue weighted by Gasteiger charge is 2.46. The second-order valence-electron chi connectivity index (χ2n) is 3.58. The summed E-state index contributed by atoms with van der Waals surface area (Å²) in [5.74, 6) is 0. The molecule has 0 aliphatic heterocycles. The van der Waals surface area contributed by atoms with Gasteiger partial charge in [-0.05, 0) is 47.6 Å². The van der Waals surface area contributed by atoms with Gasteiger partial charge in [0.15, 0.2) is 0 Å². The lowest BCUT2D eigenvalue weighted by molar-refractivity contribution is 0.938. The number of nitriles is 1. The molecule has 0 bridgehead atoms. The van der Waals surface area contributed by atoms with Crippen molar-refractivity contribution in [1.29, 1.82) is 5.26 Å². The number of halogens is 1. The van der Waals surface area contributed by atoms with E-state index in [0.717, 1.165) is 12.8 Å². The summed E-state index contributed by atoms with van der Waals surface area (Å²) < 4.78 is 4.02. The molecule has 2 heterocycles. The lowest BCUT2D eigenvalue weighted by Gasteiger charge is -1.98. The molecule has 0 N–H and O–H groups in total. The highest BCUT2D eigenvalue weighted by Crippen LogP contribution is 2.52. The van der Waals surface area contributed by atoms with Gasteiger partial charge in [-0.15, -0.1) is 22.7 Å². The molecule has 2 aromatic heterocycles. The Hall–Kier alpha value is -0.120. The smallest absolute Gasteiger partial charge is 0.0916 e. The van der Waals surface area contributed by atoms with Gasteiger partial charge >= 0.3 is 0 Å². The highest BCUT2D eigenvalue weighted by molar-refractivity contribution is 14.1. The lowest BCUT2D eigenvalue weighted by atomic mass is 10.1. The second-order valence-corrected chi connectivity index (χ2v) is 7.65. The molecule has 70 valence electrons. The van der Waals surface area contributed by atoms with Crippen LogP contribution in [0.25, 0.3) is 9.40 Å². The van der Waals surface area contributed by atoms with Crippen LogP contribution in [0.3, 0.4) is 0 Å². The van der Waals surface area contributed by atoms with E-state index >= 15 is 0 Å². The zero-order chi connectivity index (χ0) is 9.76. The fourth-order valence-electron chi connectivity index (χ4n) is 1.58. The van der Waals surface area contributed by atoms with Gasteiger partial charge in [-0.25, -0.2) is 0 Å². The number of nitrogens with zero attached hydrogens (tertiary/aromatic N) is 1. The molecule has 1 saturated carbocycles. The number of rotatable bonds is 1. The van der Waals surface area contributed by atoms with Gasteiger partial charge in [-0.2, -0.15) is 5.26 Å². The van der Waals surface area contributed by atoms with Crippen molar-refractivity contribution in [1.82, 2.24) is 0 Å². The third-order valence-corrected chi connectivity index (χ3v) is 5.87. The monoisotopic (exact) mass is 331 g/mol. The highest BCUT2D eigenvalue weighted by atomic mass is 127. The number of thiophene rings is 2. The fourth-order valence-corrected chi connectivity index (χ4v) is 5.13. The van der Waals surface area contributed by atoms with Crippen LogP contribution in [-0.4, -0.2) is 0 Å². The van der Waals surface area contributed by atoms with Crippen LogP contribution in [0.2, 0.25) is 0 Å². The minimum Gasteiger partial charge on any atom is -0.197 e. The van der Waals surface area contributed by atoms with Gasteiger partial charge in [0.05, 0.1) is 14.4 Å². The van der Waals surface area contributed by atoms with Gasteiger partial charge in [0.1, 0.15) is 0 Å². The summed E-state index contributed by atoms with van der Waals surface area (Å²) >= 11 is 5.96. The Bertz CT molecular complexity index is 510. The molecule has 3 rings (SSSR count). The van der Waals surface area contributed by atoms with E-state index in [0.29, 0.717) is 0 Å². The van der Waals surface area contributed by atoms with Crippen LogP contribution in [-0.2, 0) is 5.41 Å². The first-order chi connectivity index (χ1) is 6.73. The molecule has 1 aliphatic rings. The Labute approximate surface area is 104 Å². The standard InChI is InChI=1S/C10H6INS2/c11-9-4-7-6(14-9)3-8(13-7)10(5-12)1-2-10/h3-4H,1-2H2. The number of fused-ring (bicyclic) bond motifs is 1. The third-order valence-electron chi connectivity index (χ3n) is 2.61. The van der Waals surface area contributed by atoms with E-state index in [4.69, 9.17) is 5.26 Å². The number of hydrogen-bond acceptors (Lipinski definition) is 3. The molecular weight excluding hydrogens is 325 g/mol. The summed E-state index contributed by atoms with van der Waals surface area (Å²) in [6.07, 6.45) is 2.10. The van der Waals surface area contributed by atoms with Crippen molar-refractivity contribution < 1.29 is 0 Å². The van der Waals surface area contributed by atoms with Crippen LogP contribution in [0.1, 0.15) is 17.7 Å². The summed E-state index contributed by atoms with van der Waals surface area (Å²) in [7, 11) is 0. The van der Waals surface area contributed by atoms with E-state index in [1.807, 2.05) is 11.3 Å². The normalized spacial score (nSPS) is 18.3. The average molecular weight is 331 g/mol. The Kier molecular flexibility index (Phi) is 1.92. The largest absolute Gasteiger partial charge is 0.197 e. The van der Waals surface area contributed by atoms with Crippen molar-refractivity contribution in [2.24, 2.45) is 0 Å². The average Bonchev–Trinajstić information content (AvgIpc) is 2.75. The SMILES string of the molecule is N#CC1(c2cc3sc(I)cc3s2)CC1. The summed E-state index contributed by atoms with van der Waals surface area (Å²) in [5.41, 5.74) is -0.102. The van der Waals surface area contributed by atoms with Gasteiger partial charge in [0, 0.05) is 14.3 Å². The van der Waals surface area contributed by atoms with Crippen LogP contribution in [0, 0.1) is 14.2 Å². The molecule has 0 spiro atoms. The van der Waals surface area contributed by atoms with Gasteiger partial charge in [0.25, 0.3) is 0 Å². The maximum Gasteiger partial charge on any atom is 0.0916 e. The molecule has 1 fully saturated rings. The zero-order valence-corrected chi connectivity index (χ0v) is 11.0. The summed E-state index contributed by atoms with van der Waals surface area (Å²) in [6, 6.07) is 6.87. The van der Waals surface area contributed by atoms with Crippen molar-refractivity contribution in [3.63, 3.8) is 0 Å². The molecule has 14 heavy (non-hydrogen) atoms. The van der Waals surface area contributed by atoms with Crippen molar-refractivity contribution in [3.8, 4) is 6.07 Å². The minimum absolute atomic E-state index is 0.102. The van der Waals surface area contributed by atoms with Crippen LogP contribution in [0.5, 0.6) is 0 Å². The van der Waals surface area contributed by atoms with Crippen LogP contribution in [0.4, 0.5) is 0 Å². The molecule has 4 heteroatoms. The molecule has 0 radical (unpaired) electrons. The molecule has 1 nitrogen and oxygen atoms in total. The van der Waals surface area contributed by atoms with Crippen LogP contribution in [0.15, 0.2) is 12.1 Å². The minimum atomic E-state index is -0.102. The first-order valence-corrected chi connectivity index (χ1v) is 7.05. The molecule has 0 saturated heterocycles. The Morgan fingerprint density at radius 1 is 1.29 bits per heavy atom. The van der Waals surface area contributed by atoms with Crippen LogP contribution >= 0.6 is 45.3 Å². The van der Waals surface area contributed by atoms with Gasteiger partial charge < -0.3 is 0 Å². The van der Waals surface area contributed by atoms with Crippen molar-refractivity contribution >= 4 is 54.7 Å². The van der Waals surface area contributed by atoms with Crippen molar-refractivity contribution in [2.75, 3.05) is 0 Å². The Balaban J connectivity index is 2.16. The molecule has 1 aliphatic carbocycles. The van der Waals surface area contributed by atoms with E-state index in [-0.39, 0.29) is 5.41 Å². The van der Waals surface area contributed by atoms with E-state index in [1.165, 1.54) is 17.2 Å². The predicted octanol–water partition coefficient (Wildman–Crippen LogP) is 4.12. The molecule has 0 amide bonds. The zero-order valence-electron chi connectivity index (χ0n) is 7.21. The molecule has 0 unspecified atom stereocenters. The number of hydrogen-bond donors (Lipinski definition) is 0. The lowest BCUT2D eigenvalue weighted by Crippen LogP contribution is -1.97. The Morgan fingerprint density at radius 2 is 2.00 bits per heavy atom.